The first-order chi connectivity index (χ1) is 9.75. The van der Waals surface area contributed by atoms with Crippen LogP contribution in [0.5, 0.6) is 0 Å². The van der Waals surface area contributed by atoms with Crippen LogP contribution in [0.4, 0.5) is 0 Å². The van der Waals surface area contributed by atoms with Crippen LogP contribution in [0, 0.1) is 29.1 Å². The van der Waals surface area contributed by atoms with Crippen molar-refractivity contribution in [3.63, 3.8) is 0 Å². The highest BCUT2D eigenvalue weighted by Crippen LogP contribution is 2.63. The molecule has 4 nitrogen and oxygen atoms in total. The minimum absolute atomic E-state index is 0.126. The number of hydrogen-bond donors (Lipinski definition) is 1. The van der Waals surface area contributed by atoms with Crippen molar-refractivity contribution in [1.82, 2.24) is 0 Å². The van der Waals surface area contributed by atoms with E-state index in [1.807, 2.05) is 20.8 Å². The number of esters is 1. The van der Waals surface area contributed by atoms with E-state index in [1.165, 1.54) is 0 Å². The highest BCUT2D eigenvalue weighted by molar-refractivity contribution is 5.76. The topological polar surface area (TPSA) is 63.6 Å². The van der Waals surface area contributed by atoms with E-state index in [0.29, 0.717) is 18.3 Å². The zero-order valence-electron chi connectivity index (χ0n) is 13.2. The van der Waals surface area contributed by atoms with Gasteiger partial charge in [0.1, 0.15) is 5.60 Å². The molecule has 4 bridgehead atoms. The predicted octanol–water partition coefficient (Wildman–Crippen LogP) is 3.25. The quantitative estimate of drug-likeness (QED) is 0.808. The molecule has 4 rings (SSSR count). The Morgan fingerprint density at radius 3 is 2.14 bits per heavy atom. The lowest BCUT2D eigenvalue weighted by Crippen LogP contribution is -2.60. The summed E-state index contributed by atoms with van der Waals surface area (Å²) in [5, 5.41) is 9.68. The molecule has 3 atom stereocenters. The maximum Gasteiger partial charge on any atom is 0.309 e. The molecule has 1 N–H and O–H groups in total. The Hall–Kier alpha value is -1.06. The average molecular weight is 294 g/mol. The number of carboxylic acids is 1. The molecule has 4 heteroatoms. The Morgan fingerprint density at radius 1 is 1.10 bits per heavy atom. The number of carboxylic acid groups (broad SMARTS) is 1. The number of rotatable bonds is 4. The van der Waals surface area contributed by atoms with E-state index in [0.717, 1.165) is 32.1 Å². The van der Waals surface area contributed by atoms with Crippen LogP contribution in [-0.4, -0.2) is 22.6 Å². The van der Waals surface area contributed by atoms with Gasteiger partial charge in [-0.15, -0.1) is 0 Å². The summed E-state index contributed by atoms with van der Waals surface area (Å²) in [4.78, 5) is 24.2. The van der Waals surface area contributed by atoms with Crippen molar-refractivity contribution in [2.75, 3.05) is 0 Å². The van der Waals surface area contributed by atoms with Gasteiger partial charge in [0.2, 0.25) is 0 Å². The number of carbonyl (C=O) groups excluding carboxylic acids is 1. The third-order valence-corrected chi connectivity index (χ3v) is 6.15. The zero-order chi connectivity index (χ0) is 15.4. The molecule has 3 unspecified atom stereocenters. The Kier molecular flexibility index (Phi) is 3.34. The second-order valence-corrected chi connectivity index (χ2v) is 8.18. The second kappa shape index (κ2) is 4.72. The third-order valence-electron chi connectivity index (χ3n) is 6.15. The van der Waals surface area contributed by atoms with Gasteiger partial charge in [-0.05, 0) is 49.9 Å². The molecule has 0 amide bonds. The van der Waals surface area contributed by atoms with E-state index in [4.69, 9.17) is 4.74 Å². The van der Waals surface area contributed by atoms with Crippen LogP contribution < -0.4 is 0 Å². The summed E-state index contributed by atoms with van der Waals surface area (Å²) in [5.41, 5.74) is -1.13. The summed E-state index contributed by atoms with van der Waals surface area (Å²) >= 11 is 0. The van der Waals surface area contributed by atoms with Gasteiger partial charge < -0.3 is 9.84 Å². The van der Waals surface area contributed by atoms with Crippen LogP contribution in [0.15, 0.2) is 0 Å². The van der Waals surface area contributed by atoms with Crippen molar-refractivity contribution in [2.45, 2.75) is 64.9 Å². The molecule has 0 radical (unpaired) electrons. The summed E-state index contributed by atoms with van der Waals surface area (Å²) in [6.07, 6.45) is 4.94. The summed E-state index contributed by atoms with van der Waals surface area (Å²) in [6.45, 7) is 5.94. The molecular formula is C17H26O4. The standard InChI is InChI=1S/C17H26O4/c1-10(2)11(3)14(18)21-17-7-12-4-13(8-17)6-16(5-12,9-17)15(19)20/h10-13H,4-9H2,1-3H3,(H,19,20). The molecule has 0 saturated heterocycles. The fraction of sp³-hybridized carbons (Fsp3) is 0.882. The van der Waals surface area contributed by atoms with Gasteiger partial charge >= 0.3 is 11.9 Å². The van der Waals surface area contributed by atoms with Crippen LogP contribution in [0.2, 0.25) is 0 Å². The normalized spacial score (nSPS) is 42.1. The monoisotopic (exact) mass is 294 g/mol. The van der Waals surface area contributed by atoms with E-state index < -0.39 is 17.0 Å². The maximum atomic E-state index is 12.4. The molecule has 0 aromatic rings. The molecule has 0 aliphatic heterocycles. The van der Waals surface area contributed by atoms with Gasteiger partial charge in [-0.1, -0.05) is 20.8 Å². The first-order valence-electron chi connectivity index (χ1n) is 8.21. The fourth-order valence-electron chi connectivity index (χ4n) is 5.13. The van der Waals surface area contributed by atoms with Crippen molar-refractivity contribution >= 4 is 11.9 Å². The first-order valence-corrected chi connectivity index (χ1v) is 8.21. The van der Waals surface area contributed by atoms with Gasteiger partial charge in [0.25, 0.3) is 0 Å². The molecule has 4 aliphatic rings. The van der Waals surface area contributed by atoms with Gasteiger partial charge in [-0.2, -0.15) is 0 Å². The van der Waals surface area contributed by atoms with E-state index >= 15 is 0 Å². The number of carbonyl (C=O) groups is 2. The first kappa shape index (κ1) is 14.9. The van der Waals surface area contributed by atoms with Gasteiger partial charge in [0.05, 0.1) is 11.3 Å². The molecule has 0 spiro atoms. The van der Waals surface area contributed by atoms with Crippen LogP contribution >= 0.6 is 0 Å². The average Bonchev–Trinajstić information content (AvgIpc) is 2.35. The van der Waals surface area contributed by atoms with Crippen molar-refractivity contribution in [1.29, 1.82) is 0 Å². The molecule has 4 saturated carbocycles. The van der Waals surface area contributed by atoms with Crippen molar-refractivity contribution in [3.05, 3.63) is 0 Å². The number of ether oxygens (including phenoxy) is 1. The lowest BCUT2D eigenvalue weighted by atomic mass is 9.48. The molecule has 4 fully saturated rings. The van der Waals surface area contributed by atoms with Crippen molar-refractivity contribution < 1.29 is 19.4 Å². The summed E-state index contributed by atoms with van der Waals surface area (Å²) in [5.74, 6) is 0.133. The highest BCUT2D eigenvalue weighted by Gasteiger charge is 2.62. The Labute approximate surface area is 126 Å². The van der Waals surface area contributed by atoms with Gasteiger partial charge in [-0.3, -0.25) is 9.59 Å². The molecule has 0 aromatic carbocycles. The Bertz CT molecular complexity index is 453. The van der Waals surface area contributed by atoms with Crippen LogP contribution in [-0.2, 0) is 14.3 Å². The van der Waals surface area contributed by atoms with E-state index in [9.17, 15) is 14.7 Å². The highest BCUT2D eigenvalue weighted by atomic mass is 16.6. The Balaban J connectivity index is 1.82. The minimum atomic E-state index is -0.686. The van der Waals surface area contributed by atoms with Gasteiger partial charge in [0, 0.05) is 6.42 Å². The fourth-order valence-corrected chi connectivity index (χ4v) is 5.13. The lowest BCUT2D eigenvalue weighted by Gasteiger charge is -2.59. The summed E-state index contributed by atoms with van der Waals surface area (Å²) in [6, 6.07) is 0. The largest absolute Gasteiger partial charge is 0.481 e. The molecule has 0 aromatic heterocycles. The van der Waals surface area contributed by atoms with Crippen molar-refractivity contribution in [3.8, 4) is 0 Å². The number of hydrogen-bond acceptors (Lipinski definition) is 3. The molecule has 4 aliphatic carbocycles. The molecule has 21 heavy (non-hydrogen) atoms. The zero-order valence-corrected chi connectivity index (χ0v) is 13.2. The van der Waals surface area contributed by atoms with Crippen LogP contribution in [0.1, 0.15) is 59.3 Å². The molecular weight excluding hydrogens is 268 g/mol. The second-order valence-electron chi connectivity index (χ2n) is 8.18. The van der Waals surface area contributed by atoms with Gasteiger partial charge in [0.15, 0.2) is 0 Å². The van der Waals surface area contributed by atoms with E-state index in [2.05, 4.69) is 0 Å². The summed E-state index contributed by atoms with van der Waals surface area (Å²) in [7, 11) is 0. The minimum Gasteiger partial charge on any atom is -0.481 e. The molecule has 118 valence electrons. The van der Waals surface area contributed by atoms with Crippen molar-refractivity contribution in [2.24, 2.45) is 29.1 Å². The van der Waals surface area contributed by atoms with Crippen LogP contribution in [0.25, 0.3) is 0 Å². The van der Waals surface area contributed by atoms with E-state index in [-0.39, 0.29) is 17.8 Å². The number of aliphatic carboxylic acids is 1. The van der Waals surface area contributed by atoms with Gasteiger partial charge in [-0.25, -0.2) is 0 Å². The third kappa shape index (κ3) is 2.36. The smallest absolute Gasteiger partial charge is 0.309 e. The maximum absolute atomic E-state index is 12.4. The predicted molar refractivity (Wildman–Crippen MR) is 77.6 cm³/mol. The Morgan fingerprint density at radius 2 is 1.67 bits per heavy atom. The summed E-state index contributed by atoms with van der Waals surface area (Å²) < 4.78 is 5.95. The molecule has 0 heterocycles. The lowest BCUT2D eigenvalue weighted by molar-refractivity contribution is -0.213. The van der Waals surface area contributed by atoms with E-state index in [1.54, 1.807) is 0 Å². The van der Waals surface area contributed by atoms with Crippen LogP contribution in [0.3, 0.4) is 0 Å². The SMILES string of the molecule is CC(C)C(C)C(=O)OC12CC3CC(C1)CC(C(=O)O)(C3)C2.